The topological polar surface area (TPSA) is 145 Å². The SMILES string of the molecule is Cc1c(C(=O)NCCO)c(I)c(N)c(I)c1C(=O)NCC(O)CO. The van der Waals surface area contributed by atoms with Gasteiger partial charge in [-0.15, -0.1) is 0 Å². The summed E-state index contributed by atoms with van der Waals surface area (Å²) in [7, 11) is 0. The molecule has 0 bridgehead atoms. The van der Waals surface area contributed by atoms with Gasteiger partial charge in [0.25, 0.3) is 11.8 Å². The lowest BCUT2D eigenvalue weighted by molar-refractivity contribution is 0.0801. The van der Waals surface area contributed by atoms with Gasteiger partial charge in [0.15, 0.2) is 0 Å². The third-order valence-electron chi connectivity index (χ3n) is 3.22. The summed E-state index contributed by atoms with van der Waals surface area (Å²) in [5, 5.41) is 32.0. The largest absolute Gasteiger partial charge is 0.397 e. The summed E-state index contributed by atoms with van der Waals surface area (Å²) in [4.78, 5) is 24.7. The average Bonchev–Trinajstić information content (AvgIpc) is 2.55. The van der Waals surface area contributed by atoms with Crippen LogP contribution in [0.2, 0.25) is 0 Å². The van der Waals surface area contributed by atoms with Gasteiger partial charge in [0, 0.05) is 13.1 Å². The highest BCUT2D eigenvalue weighted by Gasteiger charge is 2.25. The van der Waals surface area contributed by atoms with Gasteiger partial charge in [0.2, 0.25) is 0 Å². The van der Waals surface area contributed by atoms with Crippen LogP contribution in [0.5, 0.6) is 0 Å². The molecule has 0 saturated carbocycles. The van der Waals surface area contributed by atoms with Crippen LogP contribution in [0.15, 0.2) is 0 Å². The predicted molar refractivity (Wildman–Crippen MR) is 106 cm³/mol. The third kappa shape index (κ3) is 4.91. The molecule has 134 valence electrons. The number of nitrogen functional groups attached to an aromatic ring is 1. The molecule has 0 aliphatic heterocycles. The number of aliphatic hydroxyl groups is 3. The minimum absolute atomic E-state index is 0.0878. The minimum atomic E-state index is -1.07. The molecule has 1 rings (SSSR count). The highest BCUT2D eigenvalue weighted by Crippen LogP contribution is 2.32. The molecule has 0 saturated heterocycles. The number of carbonyl (C=O) groups excluding carboxylic acids is 2. The van der Waals surface area contributed by atoms with Crippen molar-refractivity contribution in [3.05, 3.63) is 23.8 Å². The van der Waals surface area contributed by atoms with Crippen LogP contribution in [0.1, 0.15) is 26.3 Å². The van der Waals surface area contributed by atoms with Gasteiger partial charge in [0.1, 0.15) is 0 Å². The second-order valence-electron chi connectivity index (χ2n) is 4.94. The van der Waals surface area contributed by atoms with Crippen LogP contribution < -0.4 is 16.4 Å². The Kier molecular flexibility index (Phi) is 8.62. The number of hydrogen-bond acceptors (Lipinski definition) is 6. The van der Waals surface area contributed by atoms with Gasteiger partial charge in [-0.25, -0.2) is 0 Å². The first kappa shape index (κ1) is 21.3. The molecule has 10 heteroatoms. The molecule has 0 spiro atoms. The van der Waals surface area contributed by atoms with Crippen molar-refractivity contribution in [3.8, 4) is 0 Å². The van der Waals surface area contributed by atoms with Crippen LogP contribution in [-0.2, 0) is 0 Å². The maximum atomic E-state index is 12.4. The zero-order chi connectivity index (χ0) is 18.4. The van der Waals surface area contributed by atoms with Crippen molar-refractivity contribution in [2.75, 3.05) is 32.0 Å². The van der Waals surface area contributed by atoms with Crippen molar-refractivity contribution in [2.45, 2.75) is 13.0 Å². The van der Waals surface area contributed by atoms with Gasteiger partial charge in [-0.2, -0.15) is 0 Å². The standard InChI is InChI=1S/C14H19I2N3O5/c1-6-8(13(23)18-2-3-20)10(15)12(17)11(16)9(6)14(24)19-4-7(22)5-21/h7,20-22H,2-5,17H2,1H3,(H,18,23)(H,19,24). The summed E-state index contributed by atoms with van der Waals surface area (Å²) >= 11 is 3.88. The Morgan fingerprint density at radius 1 is 1.12 bits per heavy atom. The van der Waals surface area contributed by atoms with Crippen LogP contribution in [0.4, 0.5) is 5.69 Å². The molecule has 24 heavy (non-hydrogen) atoms. The Balaban J connectivity index is 3.28. The van der Waals surface area contributed by atoms with Crippen LogP contribution in [0.25, 0.3) is 0 Å². The molecule has 0 heterocycles. The number of halogens is 2. The first-order valence-electron chi connectivity index (χ1n) is 6.99. The van der Waals surface area contributed by atoms with E-state index < -0.39 is 24.5 Å². The Hall–Kier alpha value is -0.700. The van der Waals surface area contributed by atoms with E-state index in [1.54, 1.807) is 6.92 Å². The predicted octanol–water partition coefficient (Wildman–Crippen LogP) is -0.408. The van der Waals surface area contributed by atoms with Crippen molar-refractivity contribution in [3.63, 3.8) is 0 Å². The molecule has 0 aromatic heterocycles. The van der Waals surface area contributed by atoms with Gasteiger partial charge in [0.05, 0.1) is 43.3 Å². The van der Waals surface area contributed by atoms with E-state index in [9.17, 15) is 14.7 Å². The monoisotopic (exact) mass is 563 g/mol. The first-order chi connectivity index (χ1) is 11.3. The van der Waals surface area contributed by atoms with Crippen molar-refractivity contribution < 1.29 is 24.9 Å². The lowest BCUT2D eigenvalue weighted by Gasteiger charge is -2.18. The van der Waals surface area contributed by atoms with Crippen LogP contribution in [0.3, 0.4) is 0 Å². The number of aliphatic hydroxyl groups excluding tert-OH is 3. The van der Waals surface area contributed by atoms with Crippen LogP contribution >= 0.6 is 45.2 Å². The second-order valence-corrected chi connectivity index (χ2v) is 7.10. The van der Waals surface area contributed by atoms with Crippen molar-refractivity contribution in [2.24, 2.45) is 0 Å². The molecule has 1 aromatic rings. The summed E-state index contributed by atoms with van der Waals surface area (Å²) in [6.07, 6.45) is -1.07. The lowest BCUT2D eigenvalue weighted by atomic mass is 9.99. The number of amides is 2. The average molecular weight is 563 g/mol. The number of hydrogen-bond donors (Lipinski definition) is 6. The maximum Gasteiger partial charge on any atom is 0.252 e. The molecule has 1 unspecified atom stereocenters. The van der Waals surface area contributed by atoms with Gasteiger partial charge in [-0.3, -0.25) is 9.59 Å². The number of anilines is 1. The van der Waals surface area contributed by atoms with E-state index in [0.717, 1.165) is 0 Å². The molecule has 8 nitrogen and oxygen atoms in total. The highest BCUT2D eigenvalue weighted by molar-refractivity contribution is 14.1. The number of carbonyl (C=O) groups is 2. The molecule has 0 radical (unpaired) electrons. The van der Waals surface area contributed by atoms with E-state index in [2.05, 4.69) is 10.6 Å². The molecule has 0 aliphatic rings. The van der Waals surface area contributed by atoms with Gasteiger partial charge < -0.3 is 31.7 Å². The van der Waals surface area contributed by atoms with E-state index >= 15 is 0 Å². The van der Waals surface area contributed by atoms with E-state index in [4.69, 9.17) is 15.9 Å². The van der Waals surface area contributed by atoms with Crippen molar-refractivity contribution >= 4 is 62.7 Å². The number of nitrogens with two attached hydrogens (primary N) is 1. The van der Waals surface area contributed by atoms with Gasteiger partial charge in [-0.1, -0.05) is 0 Å². The summed E-state index contributed by atoms with van der Waals surface area (Å²) in [5.74, 6) is -0.929. The number of rotatable bonds is 7. The zero-order valence-electron chi connectivity index (χ0n) is 12.9. The van der Waals surface area contributed by atoms with Crippen molar-refractivity contribution in [1.82, 2.24) is 10.6 Å². The van der Waals surface area contributed by atoms with Crippen LogP contribution in [0, 0.1) is 14.1 Å². The van der Waals surface area contributed by atoms with E-state index in [-0.39, 0.29) is 30.8 Å². The number of nitrogens with one attached hydrogen (secondary N) is 2. The Bertz CT molecular complexity index is 640. The first-order valence-corrected chi connectivity index (χ1v) is 9.15. The third-order valence-corrected chi connectivity index (χ3v) is 5.46. The van der Waals surface area contributed by atoms with E-state index in [0.29, 0.717) is 18.4 Å². The Morgan fingerprint density at radius 2 is 1.62 bits per heavy atom. The second kappa shape index (κ2) is 9.70. The lowest BCUT2D eigenvalue weighted by Crippen LogP contribution is -2.35. The fourth-order valence-electron chi connectivity index (χ4n) is 1.98. The normalized spacial score (nSPS) is 11.9. The fourth-order valence-corrected chi connectivity index (χ4v) is 4.34. The molecular formula is C14H19I2N3O5. The fraction of sp³-hybridized carbons (Fsp3) is 0.429. The minimum Gasteiger partial charge on any atom is -0.397 e. The number of benzene rings is 1. The zero-order valence-corrected chi connectivity index (χ0v) is 17.2. The van der Waals surface area contributed by atoms with Crippen molar-refractivity contribution in [1.29, 1.82) is 0 Å². The summed E-state index contributed by atoms with van der Waals surface area (Å²) < 4.78 is 1.03. The van der Waals surface area contributed by atoms with Crippen LogP contribution in [-0.4, -0.2) is 59.5 Å². The summed E-state index contributed by atoms with van der Waals surface area (Å²) in [5.41, 5.74) is 7.30. The molecule has 1 aromatic carbocycles. The maximum absolute atomic E-state index is 12.4. The van der Waals surface area contributed by atoms with E-state index in [1.807, 2.05) is 45.2 Å². The summed E-state index contributed by atoms with van der Waals surface area (Å²) in [6.45, 7) is 0.926. The smallest absolute Gasteiger partial charge is 0.252 e. The highest BCUT2D eigenvalue weighted by atomic mass is 127. The molecule has 2 amide bonds. The molecule has 0 aliphatic carbocycles. The molecule has 7 N–H and O–H groups in total. The van der Waals surface area contributed by atoms with E-state index in [1.165, 1.54) is 0 Å². The van der Waals surface area contributed by atoms with Gasteiger partial charge >= 0.3 is 0 Å². The Morgan fingerprint density at radius 3 is 2.08 bits per heavy atom. The molecule has 1 atom stereocenters. The quantitative estimate of drug-likeness (QED) is 0.197. The summed E-state index contributed by atoms with van der Waals surface area (Å²) in [6, 6.07) is 0. The molecular weight excluding hydrogens is 544 g/mol. The molecule has 0 fully saturated rings. The Labute approximate surface area is 166 Å². The van der Waals surface area contributed by atoms with Gasteiger partial charge in [-0.05, 0) is 57.7 Å².